The second kappa shape index (κ2) is 7.31. The summed E-state index contributed by atoms with van der Waals surface area (Å²) in [4.78, 5) is 3.52. The van der Waals surface area contributed by atoms with E-state index in [0.29, 0.717) is 19.6 Å². The first-order chi connectivity index (χ1) is 9.04. The summed E-state index contributed by atoms with van der Waals surface area (Å²) < 4.78 is 39.3. The molecule has 1 aromatic rings. The van der Waals surface area contributed by atoms with Gasteiger partial charge < -0.3 is 5.73 Å². The van der Waals surface area contributed by atoms with Gasteiger partial charge in [0.05, 0.1) is 6.20 Å². The Morgan fingerprint density at radius 2 is 2.20 bits per heavy atom. The van der Waals surface area contributed by atoms with Crippen LogP contribution in [0.5, 0.6) is 0 Å². The molecule has 1 saturated heterocycles. The zero-order valence-corrected chi connectivity index (χ0v) is 12.7. The summed E-state index contributed by atoms with van der Waals surface area (Å²) >= 11 is 0. The van der Waals surface area contributed by atoms with E-state index in [1.165, 1.54) is 10.5 Å². The first-order valence-corrected chi connectivity index (χ1v) is 7.79. The van der Waals surface area contributed by atoms with Crippen LogP contribution in [0.15, 0.2) is 23.4 Å². The van der Waals surface area contributed by atoms with Crippen molar-refractivity contribution in [1.29, 1.82) is 0 Å². The number of hydrogen-bond donors (Lipinski definition) is 1. The summed E-state index contributed by atoms with van der Waals surface area (Å²) in [6.45, 7) is 1.48. The molecule has 8 heteroatoms. The lowest BCUT2D eigenvalue weighted by Gasteiger charge is -2.31. The highest BCUT2D eigenvalue weighted by Crippen LogP contribution is 2.25. The fourth-order valence-electron chi connectivity index (χ4n) is 2.40. The van der Waals surface area contributed by atoms with Gasteiger partial charge in [-0.2, -0.15) is 4.31 Å². The number of aromatic nitrogens is 1. The lowest BCUT2D eigenvalue weighted by atomic mass is 9.96. The molecule has 1 atom stereocenters. The quantitative estimate of drug-likeness (QED) is 0.908. The van der Waals surface area contributed by atoms with Gasteiger partial charge >= 0.3 is 0 Å². The molecule has 0 amide bonds. The number of nitrogens with two attached hydrogens (primary N) is 1. The van der Waals surface area contributed by atoms with Crippen LogP contribution in [0.1, 0.15) is 19.3 Å². The van der Waals surface area contributed by atoms with Gasteiger partial charge in [0.2, 0.25) is 10.0 Å². The van der Waals surface area contributed by atoms with Gasteiger partial charge in [-0.1, -0.05) is 0 Å². The van der Waals surface area contributed by atoms with Gasteiger partial charge in [0.25, 0.3) is 0 Å². The van der Waals surface area contributed by atoms with E-state index in [1.807, 2.05) is 0 Å². The zero-order valence-electron chi connectivity index (χ0n) is 11.0. The monoisotopic (exact) mass is 323 g/mol. The fourth-order valence-corrected chi connectivity index (χ4v) is 3.93. The van der Waals surface area contributed by atoms with E-state index in [0.717, 1.165) is 31.5 Å². The van der Waals surface area contributed by atoms with Gasteiger partial charge in [0, 0.05) is 19.3 Å². The molecule has 0 aromatic carbocycles. The molecule has 1 aliphatic rings. The molecule has 20 heavy (non-hydrogen) atoms. The highest BCUT2D eigenvalue weighted by atomic mass is 35.5. The Kier molecular flexibility index (Phi) is 6.32. The van der Waals surface area contributed by atoms with Crippen molar-refractivity contribution in [3.8, 4) is 0 Å². The van der Waals surface area contributed by atoms with Gasteiger partial charge in [-0.15, -0.1) is 12.4 Å². The predicted octanol–water partition coefficient (Wildman–Crippen LogP) is 1.39. The van der Waals surface area contributed by atoms with Crippen molar-refractivity contribution in [2.45, 2.75) is 24.2 Å². The summed E-state index contributed by atoms with van der Waals surface area (Å²) in [6.07, 6.45) is 4.79. The van der Waals surface area contributed by atoms with Crippen molar-refractivity contribution in [1.82, 2.24) is 9.29 Å². The minimum atomic E-state index is -3.65. The van der Waals surface area contributed by atoms with Crippen molar-refractivity contribution in [2.24, 2.45) is 11.7 Å². The molecular formula is C12H19ClFN3O2S. The van der Waals surface area contributed by atoms with Gasteiger partial charge in [-0.25, -0.2) is 12.8 Å². The first-order valence-electron chi connectivity index (χ1n) is 6.35. The number of piperidine rings is 1. The van der Waals surface area contributed by atoms with Crippen molar-refractivity contribution in [3.05, 3.63) is 24.3 Å². The van der Waals surface area contributed by atoms with Crippen LogP contribution in [-0.2, 0) is 10.0 Å². The minimum Gasteiger partial charge on any atom is -0.330 e. The van der Waals surface area contributed by atoms with Crippen LogP contribution in [0.2, 0.25) is 0 Å². The van der Waals surface area contributed by atoms with Crippen molar-refractivity contribution in [3.63, 3.8) is 0 Å². The third kappa shape index (κ3) is 3.88. The zero-order chi connectivity index (χ0) is 13.9. The average molecular weight is 324 g/mol. The molecule has 0 spiro atoms. The number of rotatable bonds is 4. The van der Waals surface area contributed by atoms with E-state index in [9.17, 15) is 12.8 Å². The van der Waals surface area contributed by atoms with Crippen molar-refractivity contribution in [2.75, 3.05) is 19.6 Å². The Balaban J connectivity index is 0.00000200. The molecule has 1 aliphatic heterocycles. The second-order valence-corrected chi connectivity index (χ2v) is 6.73. The molecule has 1 fully saturated rings. The molecule has 0 bridgehead atoms. The Labute approximate surface area is 124 Å². The van der Waals surface area contributed by atoms with E-state index in [1.54, 1.807) is 0 Å². The molecule has 1 aromatic heterocycles. The maximum Gasteiger partial charge on any atom is 0.244 e. The Morgan fingerprint density at radius 3 is 2.85 bits per heavy atom. The van der Waals surface area contributed by atoms with Crippen LogP contribution >= 0.6 is 12.4 Å². The average Bonchev–Trinajstić information content (AvgIpc) is 2.39. The van der Waals surface area contributed by atoms with Gasteiger partial charge in [-0.05, 0) is 37.8 Å². The van der Waals surface area contributed by atoms with Crippen LogP contribution in [0, 0.1) is 11.7 Å². The standard InChI is InChI=1S/C12H18FN3O2S.ClH/c13-11-6-12(8-15-7-11)19(17,18)16-5-1-2-10(9-16)3-4-14;/h6-8,10H,1-5,9,14H2;1H. The molecular weight excluding hydrogens is 305 g/mol. The smallest absolute Gasteiger partial charge is 0.244 e. The topological polar surface area (TPSA) is 76.3 Å². The summed E-state index contributed by atoms with van der Waals surface area (Å²) in [5.41, 5.74) is 5.52. The SMILES string of the molecule is Cl.NCCC1CCCN(S(=O)(=O)c2cncc(F)c2)C1. The number of halogens is 2. The number of nitrogens with zero attached hydrogens (tertiary/aromatic N) is 2. The highest BCUT2D eigenvalue weighted by Gasteiger charge is 2.30. The maximum absolute atomic E-state index is 13.1. The lowest BCUT2D eigenvalue weighted by Crippen LogP contribution is -2.40. The molecule has 0 saturated carbocycles. The molecule has 0 radical (unpaired) electrons. The predicted molar refractivity (Wildman–Crippen MR) is 76.6 cm³/mol. The Hall–Kier alpha value is -0.760. The minimum absolute atomic E-state index is 0. The summed E-state index contributed by atoms with van der Waals surface area (Å²) in [5, 5.41) is 0. The molecule has 114 valence electrons. The fraction of sp³-hybridized carbons (Fsp3) is 0.583. The summed E-state index contributed by atoms with van der Waals surface area (Å²) in [6, 6.07) is 1.01. The summed E-state index contributed by atoms with van der Waals surface area (Å²) in [5.74, 6) is -0.355. The Morgan fingerprint density at radius 1 is 1.45 bits per heavy atom. The Bertz CT molecular complexity index is 539. The van der Waals surface area contributed by atoms with Gasteiger partial charge in [-0.3, -0.25) is 4.98 Å². The van der Waals surface area contributed by atoms with E-state index in [-0.39, 0.29) is 23.2 Å². The van der Waals surface area contributed by atoms with E-state index >= 15 is 0 Å². The molecule has 0 aliphatic carbocycles. The number of sulfonamides is 1. The number of hydrogen-bond acceptors (Lipinski definition) is 4. The van der Waals surface area contributed by atoms with Crippen LogP contribution < -0.4 is 5.73 Å². The van der Waals surface area contributed by atoms with Crippen LogP contribution in [0.25, 0.3) is 0 Å². The lowest BCUT2D eigenvalue weighted by molar-refractivity contribution is 0.258. The third-order valence-corrected chi connectivity index (χ3v) is 5.20. The largest absolute Gasteiger partial charge is 0.330 e. The van der Waals surface area contributed by atoms with Crippen molar-refractivity contribution >= 4 is 22.4 Å². The highest BCUT2D eigenvalue weighted by molar-refractivity contribution is 7.89. The normalized spacial score (nSPS) is 20.4. The summed E-state index contributed by atoms with van der Waals surface area (Å²) in [7, 11) is -3.65. The van der Waals surface area contributed by atoms with E-state index in [2.05, 4.69) is 4.98 Å². The second-order valence-electron chi connectivity index (χ2n) is 4.79. The van der Waals surface area contributed by atoms with Gasteiger partial charge in [0.1, 0.15) is 10.7 Å². The van der Waals surface area contributed by atoms with E-state index < -0.39 is 15.8 Å². The van der Waals surface area contributed by atoms with Crippen LogP contribution in [0.3, 0.4) is 0 Å². The molecule has 1 unspecified atom stereocenters. The van der Waals surface area contributed by atoms with Crippen molar-refractivity contribution < 1.29 is 12.8 Å². The maximum atomic E-state index is 13.1. The van der Waals surface area contributed by atoms with Crippen LogP contribution in [-0.4, -0.2) is 37.3 Å². The molecule has 2 heterocycles. The number of pyridine rings is 1. The van der Waals surface area contributed by atoms with Crippen LogP contribution in [0.4, 0.5) is 4.39 Å². The first kappa shape index (κ1) is 17.3. The molecule has 5 nitrogen and oxygen atoms in total. The van der Waals surface area contributed by atoms with E-state index in [4.69, 9.17) is 5.73 Å². The molecule has 2 N–H and O–H groups in total. The molecule has 2 rings (SSSR count). The third-order valence-electron chi connectivity index (χ3n) is 3.37. The van der Waals surface area contributed by atoms with Gasteiger partial charge in [0.15, 0.2) is 0 Å².